The predicted molar refractivity (Wildman–Crippen MR) is 77.7 cm³/mol. The van der Waals surface area contributed by atoms with Crippen molar-refractivity contribution < 1.29 is 19.0 Å². The van der Waals surface area contributed by atoms with Crippen LogP contribution < -0.4 is 14.8 Å². The molecule has 0 spiro atoms. The maximum absolute atomic E-state index is 12.0. The topological polar surface area (TPSA) is 56.8 Å². The molecule has 2 aliphatic rings. The molecule has 0 radical (unpaired) electrons. The molecule has 1 saturated heterocycles. The number of fused-ring (bicyclic) bond motifs is 1. The van der Waals surface area contributed by atoms with Crippen LogP contribution in [0.25, 0.3) is 0 Å². The van der Waals surface area contributed by atoms with E-state index in [4.69, 9.17) is 14.2 Å². The summed E-state index contributed by atoms with van der Waals surface area (Å²) in [5, 5.41) is 2.93. The third kappa shape index (κ3) is 3.88. The SMILES string of the molecule is O=C(Cc1ccc2c(c1)OCCCO2)NCC1CCCO1. The van der Waals surface area contributed by atoms with Crippen LogP contribution in [0.4, 0.5) is 0 Å². The second kappa shape index (κ2) is 6.80. The highest BCUT2D eigenvalue weighted by atomic mass is 16.5. The van der Waals surface area contributed by atoms with Gasteiger partial charge in [-0.25, -0.2) is 0 Å². The van der Waals surface area contributed by atoms with Gasteiger partial charge in [-0.2, -0.15) is 0 Å². The van der Waals surface area contributed by atoms with Crippen LogP contribution in [0.3, 0.4) is 0 Å². The first kappa shape index (κ1) is 14.2. The summed E-state index contributed by atoms with van der Waals surface area (Å²) in [6.45, 7) is 2.74. The lowest BCUT2D eigenvalue weighted by Gasteiger charge is -2.12. The molecule has 1 aromatic carbocycles. The van der Waals surface area contributed by atoms with E-state index in [0.717, 1.165) is 42.9 Å². The summed E-state index contributed by atoms with van der Waals surface area (Å²) in [6.07, 6.45) is 3.53. The van der Waals surface area contributed by atoms with Gasteiger partial charge in [0.15, 0.2) is 11.5 Å². The van der Waals surface area contributed by atoms with Gasteiger partial charge in [0.05, 0.1) is 25.7 Å². The largest absolute Gasteiger partial charge is 0.490 e. The number of ether oxygens (including phenoxy) is 3. The first-order valence-electron chi connectivity index (χ1n) is 7.58. The Hall–Kier alpha value is -1.75. The van der Waals surface area contributed by atoms with Gasteiger partial charge in [0.25, 0.3) is 0 Å². The number of rotatable bonds is 4. The molecule has 1 N–H and O–H groups in total. The number of benzene rings is 1. The van der Waals surface area contributed by atoms with Gasteiger partial charge in [0.2, 0.25) is 5.91 Å². The van der Waals surface area contributed by atoms with E-state index in [2.05, 4.69) is 5.32 Å². The molecule has 2 heterocycles. The van der Waals surface area contributed by atoms with Crippen molar-refractivity contribution in [3.8, 4) is 11.5 Å². The van der Waals surface area contributed by atoms with Crippen molar-refractivity contribution in [3.05, 3.63) is 23.8 Å². The molecule has 0 aliphatic carbocycles. The molecule has 1 fully saturated rings. The third-order valence-corrected chi connectivity index (χ3v) is 3.73. The fraction of sp³-hybridized carbons (Fsp3) is 0.562. The zero-order chi connectivity index (χ0) is 14.5. The summed E-state index contributed by atoms with van der Waals surface area (Å²) < 4.78 is 16.7. The van der Waals surface area contributed by atoms with Gasteiger partial charge < -0.3 is 19.5 Å². The lowest BCUT2D eigenvalue weighted by atomic mass is 10.1. The lowest BCUT2D eigenvalue weighted by Crippen LogP contribution is -2.32. The molecular formula is C16H21NO4. The number of carbonyl (C=O) groups excluding carboxylic acids is 1. The summed E-state index contributed by atoms with van der Waals surface area (Å²) in [4.78, 5) is 12.0. The predicted octanol–water partition coefficient (Wildman–Crippen LogP) is 1.69. The second-order valence-electron chi connectivity index (χ2n) is 5.45. The molecule has 0 saturated carbocycles. The molecule has 0 aromatic heterocycles. The monoisotopic (exact) mass is 291 g/mol. The highest BCUT2D eigenvalue weighted by Crippen LogP contribution is 2.30. The van der Waals surface area contributed by atoms with Crippen LogP contribution in [0, 0.1) is 0 Å². The van der Waals surface area contributed by atoms with E-state index in [0.29, 0.717) is 26.2 Å². The van der Waals surface area contributed by atoms with E-state index < -0.39 is 0 Å². The van der Waals surface area contributed by atoms with Gasteiger partial charge in [0, 0.05) is 19.6 Å². The number of carbonyl (C=O) groups is 1. The zero-order valence-corrected chi connectivity index (χ0v) is 12.1. The molecule has 0 bridgehead atoms. The fourth-order valence-electron chi connectivity index (χ4n) is 2.60. The molecule has 2 aliphatic heterocycles. The van der Waals surface area contributed by atoms with Crippen LogP contribution in [0.5, 0.6) is 11.5 Å². The third-order valence-electron chi connectivity index (χ3n) is 3.73. The summed E-state index contributed by atoms with van der Waals surface area (Å²) >= 11 is 0. The molecule has 1 atom stereocenters. The molecule has 1 unspecified atom stereocenters. The Bertz CT molecular complexity index is 497. The number of amides is 1. The van der Waals surface area contributed by atoms with Crippen molar-refractivity contribution in [1.29, 1.82) is 0 Å². The van der Waals surface area contributed by atoms with Crippen LogP contribution in [0.15, 0.2) is 18.2 Å². The standard InChI is InChI=1S/C16H21NO4/c18-16(17-11-13-3-1-6-19-13)10-12-4-5-14-15(9-12)21-8-2-7-20-14/h4-5,9,13H,1-3,6-8,10-11H2,(H,17,18). The van der Waals surface area contributed by atoms with Gasteiger partial charge in [-0.15, -0.1) is 0 Å². The zero-order valence-electron chi connectivity index (χ0n) is 12.1. The van der Waals surface area contributed by atoms with Crippen LogP contribution in [0.2, 0.25) is 0 Å². The molecule has 1 amide bonds. The van der Waals surface area contributed by atoms with Gasteiger partial charge in [0.1, 0.15) is 0 Å². The Morgan fingerprint density at radius 1 is 1.14 bits per heavy atom. The maximum Gasteiger partial charge on any atom is 0.224 e. The van der Waals surface area contributed by atoms with Gasteiger partial charge in [-0.3, -0.25) is 4.79 Å². The summed E-state index contributed by atoms with van der Waals surface area (Å²) in [5.41, 5.74) is 0.934. The van der Waals surface area contributed by atoms with Crippen molar-refractivity contribution >= 4 is 5.91 Å². The first-order chi connectivity index (χ1) is 10.3. The van der Waals surface area contributed by atoms with E-state index in [1.54, 1.807) is 0 Å². The molecule has 21 heavy (non-hydrogen) atoms. The van der Waals surface area contributed by atoms with Gasteiger partial charge >= 0.3 is 0 Å². The molecule has 5 nitrogen and oxygen atoms in total. The van der Waals surface area contributed by atoms with E-state index in [1.807, 2.05) is 18.2 Å². The van der Waals surface area contributed by atoms with Crippen LogP contribution in [0.1, 0.15) is 24.8 Å². The van der Waals surface area contributed by atoms with E-state index in [1.165, 1.54) is 0 Å². The highest BCUT2D eigenvalue weighted by molar-refractivity contribution is 5.78. The van der Waals surface area contributed by atoms with Crippen LogP contribution in [-0.4, -0.2) is 38.4 Å². The maximum atomic E-state index is 12.0. The molecule has 3 rings (SSSR count). The summed E-state index contributed by atoms with van der Waals surface area (Å²) in [6, 6.07) is 5.69. The Labute approximate surface area is 124 Å². The molecular weight excluding hydrogens is 270 g/mol. The molecule has 1 aromatic rings. The van der Waals surface area contributed by atoms with Crippen LogP contribution >= 0.6 is 0 Å². The minimum Gasteiger partial charge on any atom is -0.490 e. The molecule has 5 heteroatoms. The van der Waals surface area contributed by atoms with Gasteiger partial charge in [-0.1, -0.05) is 6.07 Å². The Balaban J connectivity index is 1.54. The van der Waals surface area contributed by atoms with E-state index in [9.17, 15) is 4.79 Å². The summed E-state index contributed by atoms with van der Waals surface area (Å²) in [7, 11) is 0. The Morgan fingerprint density at radius 3 is 2.81 bits per heavy atom. The number of hydrogen-bond donors (Lipinski definition) is 1. The van der Waals surface area contributed by atoms with Gasteiger partial charge in [-0.05, 0) is 30.5 Å². The van der Waals surface area contributed by atoms with Crippen molar-refractivity contribution in [3.63, 3.8) is 0 Å². The van der Waals surface area contributed by atoms with Crippen molar-refractivity contribution in [2.24, 2.45) is 0 Å². The summed E-state index contributed by atoms with van der Waals surface area (Å²) in [5.74, 6) is 1.51. The Kier molecular flexibility index (Phi) is 4.60. The van der Waals surface area contributed by atoms with E-state index in [-0.39, 0.29) is 12.0 Å². The van der Waals surface area contributed by atoms with E-state index >= 15 is 0 Å². The first-order valence-corrected chi connectivity index (χ1v) is 7.58. The Morgan fingerprint density at radius 2 is 2.00 bits per heavy atom. The fourth-order valence-corrected chi connectivity index (χ4v) is 2.60. The quantitative estimate of drug-likeness (QED) is 0.917. The lowest BCUT2D eigenvalue weighted by molar-refractivity contribution is -0.120. The number of hydrogen-bond acceptors (Lipinski definition) is 4. The minimum absolute atomic E-state index is 0.0139. The van der Waals surface area contributed by atoms with Crippen molar-refractivity contribution in [1.82, 2.24) is 5.32 Å². The highest BCUT2D eigenvalue weighted by Gasteiger charge is 2.17. The molecule has 114 valence electrons. The second-order valence-corrected chi connectivity index (χ2v) is 5.45. The minimum atomic E-state index is 0.0139. The average Bonchev–Trinajstić information content (AvgIpc) is 2.90. The number of nitrogens with one attached hydrogen (secondary N) is 1. The smallest absolute Gasteiger partial charge is 0.224 e. The normalized spacial score (nSPS) is 20.9. The van der Waals surface area contributed by atoms with Crippen LogP contribution in [-0.2, 0) is 16.0 Å². The van der Waals surface area contributed by atoms with Crippen molar-refractivity contribution in [2.75, 3.05) is 26.4 Å². The van der Waals surface area contributed by atoms with Crippen molar-refractivity contribution in [2.45, 2.75) is 31.8 Å². The average molecular weight is 291 g/mol.